The number of carbonyl (C=O) groups excluding carboxylic acids is 1. The van der Waals surface area contributed by atoms with Crippen molar-refractivity contribution < 1.29 is 9.18 Å². The number of aromatic nitrogens is 3. The lowest BCUT2D eigenvalue weighted by molar-refractivity contribution is -0.111. The fourth-order valence-corrected chi connectivity index (χ4v) is 4.63. The third kappa shape index (κ3) is 6.13. The van der Waals surface area contributed by atoms with Gasteiger partial charge in [-0.15, -0.1) is 0 Å². The number of nitrogens with one attached hydrogen (secondary N) is 4. The molecule has 190 valence electrons. The van der Waals surface area contributed by atoms with Gasteiger partial charge in [-0.1, -0.05) is 18.7 Å². The van der Waals surface area contributed by atoms with E-state index in [-0.39, 0.29) is 12.6 Å². The van der Waals surface area contributed by atoms with Crippen LogP contribution < -0.4 is 16.0 Å². The normalized spacial score (nSPS) is 15.5. The summed E-state index contributed by atoms with van der Waals surface area (Å²) < 4.78 is 12.6. The van der Waals surface area contributed by atoms with Gasteiger partial charge in [0.25, 0.3) is 0 Å². The van der Waals surface area contributed by atoms with Crippen LogP contribution >= 0.6 is 0 Å². The average Bonchev–Trinajstić information content (AvgIpc) is 3.55. The molecule has 4 N–H and O–H groups in total. The van der Waals surface area contributed by atoms with E-state index in [4.69, 9.17) is 4.98 Å². The minimum absolute atomic E-state index is 0.248. The Kier molecular flexibility index (Phi) is 7.41. The van der Waals surface area contributed by atoms with Crippen LogP contribution in [-0.2, 0) is 11.2 Å². The number of rotatable bonds is 10. The maximum absolute atomic E-state index is 12.6. The second-order valence-electron chi connectivity index (χ2n) is 9.13. The fraction of sp³-hybridized carbons (Fsp3) is 0.250. The summed E-state index contributed by atoms with van der Waals surface area (Å²) in [5, 5.41) is 10.6. The standard InChI is InChI=1S/C28H30FN7O/c1-2-26(37)32-22-5-3-4-19(16-22)17-25-24-10-13-30-27(24)35-28(34-25)33-21-8-6-20(7-9-21)31-23-11-14-36(18-23)15-12-29/h2-10,13,16,23,31H,1,11-12,14-15,17-18H2,(H,32,37)(H2,30,33,34,35). The first kappa shape index (κ1) is 24.5. The van der Waals surface area contributed by atoms with E-state index in [2.05, 4.69) is 37.4 Å². The molecular formula is C28H30FN7O. The summed E-state index contributed by atoms with van der Waals surface area (Å²) in [5.74, 6) is 0.251. The molecule has 1 atom stereocenters. The molecule has 9 heteroatoms. The smallest absolute Gasteiger partial charge is 0.247 e. The van der Waals surface area contributed by atoms with Gasteiger partial charge >= 0.3 is 0 Å². The molecule has 1 fully saturated rings. The quantitative estimate of drug-likeness (QED) is 0.232. The predicted molar refractivity (Wildman–Crippen MR) is 146 cm³/mol. The molecule has 4 aromatic rings. The fourth-order valence-electron chi connectivity index (χ4n) is 4.63. The first-order valence-corrected chi connectivity index (χ1v) is 12.4. The summed E-state index contributed by atoms with van der Waals surface area (Å²) in [6.45, 7) is 5.49. The van der Waals surface area contributed by atoms with Crippen LogP contribution in [0.5, 0.6) is 0 Å². The predicted octanol–water partition coefficient (Wildman–Crippen LogP) is 4.87. The number of halogens is 1. The summed E-state index contributed by atoms with van der Waals surface area (Å²) >= 11 is 0. The lowest BCUT2D eigenvalue weighted by atomic mass is 10.1. The van der Waals surface area contributed by atoms with Crippen LogP contribution in [0, 0.1) is 0 Å². The Balaban J connectivity index is 1.28. The van der Waals surface area contributed by atoms with Crippen molar-refractivity contribution in [3.8, 4) is 0 Å². The van der Waals surface area contributed by atoms with Crippen molar-refractivity contribution in [2.24, 2.45) is 0 Å². The van der Waals surface area contributed by atoms with Gasteiger partial charge in [0.05, 0.1) is 5.69 Å². The Bertz CT molecular complexity index is 1390. The number of fused-ring (bicyclic) bond motifs is 1. The summed E-state index contributed by atoms with van der Waals surface area (Å²) in [4.78, 5) is 26.4. The van der Waals surface area contributed by atoms with Gasteiger partial charge in [-0.05, 0) is 60.5 Å². The van der Waals surface area contributed by atoms with E-state index >= 15 is 0 Å². The van der Waals surface area contributed by atoms with Gasteiger partial charge < -0.3 is 20.9 Å². The third-order valence-corrected chi connectivity index (χ3v) is 6.43. The summed E-state index contributed by atoms with van der Waals surface area (Å²) in [5.41, 5.74) is 5.26. The second kappa shape index (κ2) is 11.2. The van der Waals surface area contributed by atoms with Gasteiger partial charge in [0, 0.05) is 60.7 Å². The van der Waals surface area contributed by atoms with Gasteiger partial charge in [-0.2, -0.15) is 4.98 Å². The molecule has 0 saturated carbocycles. The molecule has 0 bridgehead atoms. The Morgan fingerprint density at radius 1 is 1.14 bits per heavy atom. The molecule has 8 nitrogen and oxygen atoms in total. The van der Waals surface area contributed by atoms with E-state index < -0.39 is 0 Å². The second-order valence-corrected chi connectivity index (χ2v) is 9.13. The monoisotopic (exact) mass is 499 g/mol. The Labute approximate surface area is 215 Å². The van der Waals surface area contributed by atoms with Crippen LogP contribution in [0.2, 0.25) is 0 Å². The maximum atomic E-state index is 12.6. The molecule has 1 amide bonds. The van der Waals surface area contributed by atoms with Crippen molar-refractivity contribution in [3.63, 3.8) is 0 Å². The molecular weight excluding hydrogens is 469 g/mol. The van der Waals surface area contributed by atoms with Crippen molar-refractivity contribution in [1.82, 2.24) is 19.9 Å². The highest BCUT2D eigenvalue weighted by molar-refractivity contribution is 5.98. The highest BCUT2D eigenvalue weighted by atomic mass is 19.1. The average molecular weight is 500 g/mol. The number of benzene rings is 2. The summed E-state index contributed by atoms with van der Waals surface area (Å²) in [7, 11) is 0. The molecule has 0 aliphatic carbocycles. The molecule has 2 aromatic carbocycles. The van der Waals surface area contributed by atoms with Gasteiger partial charge in [-0.25, -0.2) is 9.37 Å². The molecule has 1 aliphatic heterocycles. The van der Waals surface area contributed by atoms with Crippen LogP contribution in [0.25, 0.3) is 11.0 Å². The minimum atomic E-state index is -0.300. The van der Waals surface area contributed by atoms with E-state index in [9.17, 15) is 9.18 Å². The number of anilines is 4. The third-order valence-electron chi connectivity index (χ3n) is 6.43. The Hall–Kier alpha value is -4.24. The van der Waals surface area contributed by atoms with Crippen molar-refractivity contribution in [2.45, 2.75) is 18.9 Å². The Morgan fingerprint density at radius 3 is 2.78 bits per heavy atom. The summed E-state index contributed by atoms with van der Waals surface area (Å²) in [6, 6.07) is 18.0. The number of aromatic amines is 1. The number of H-pyrrole nitrogens is 1. The SMILES string of the molecule is C=CC(=O)Nc1cccc(Cc2nc(Nc3ccc(NC4CCN(CCF)C4)cc3)nc3[nH]ccc23)c1. The van der Waals surface area contributed by atoms with E-state index in [0.717, 1.165) is 53.2 Å². The van der Waals surface area contributed by atoms with Crippen LogP contribution in [0.15, 0.2) is 73.4 Å². The van der Waals surface area contributed by atoms with Crippen molar-refractivity contribution >= 4 is 40.0 Å². The zero-order valence-corrected chi connectivity index (χ0v) is 20.5. The van der Waals surface area contributed by atoms with Crippen molar-refractivity contribution in [2.75, 3.05) is 42.3 Å². The lowest BCUT2D eigenvalue weighted by Crippen LogP contribution is -2.27. The zero-order chi connectivity index (χ0) is 25.6. The molecule has 1 unspecified atom stereocenters. The lowest BCUT2D eigenvalue weighted by Gasteiger charge is -2.16. The van der Waals surface area contributed by atoms with Gasteiger partial charge in [0.2, 0.25) is 11.9 Å². The molecule has 0 spiro atoms. The van der Waals surface area contributed by atoms with Crippen molar-refractivity contribution in [1.29, 1.82) is 0 Å². The van der Waals surface area contributed by atoms with Crippen LogP contribution in [-0.4, -0.2) is 58.1 Å². The number of hydrogen-bond acceptors (Lipinski definition) is 6. The van der Waals surface area contributed by atoms with Crippen LogP contribution in [0.3, 0.4) is 0 Å². The van der Waals surface area contributed by atoms with Crippen molar-refractivity contribution in [3.05, 3.63) is 84.7 Å². The van der Waals surface area contributed by atoms with Gasteiger partial charge in [-0.3, -0.25) is 9.69 Å². The minimum Gasteiger partial charge on any atom is -0.381 e. The van der Waals surface area contributed by atoms with Gasteiger partial charge in [0.15, 0.2) is 0 Å². The zero-order valence-electron chi connectivity index (χ0n) is 20.5. The molecule has 3 heterocycles. The summed E-state index contributed by atoms with van der Waals surface area (Å²) in [6.07, 6.45) is 4.69. The number of amides is 1. The topological polar surface area (TPSA) is 98.0 Å². The molecule has 0 radical (unpaired) electrons. The molecule has 5 rings (SSSR count). The number of nitrogens with zero attached hydrogens (tertiary/aromatic N) is 3. The molecule has 1 saturated heterocycles. The van der Waals surface area contributed by atoms with E-state index in [0.29, 0.717) is 30.6 Å². The first-order valence-electron chi connectivity index (χ1n) is 12.4. The van der Waals surface area contributed by atoms with E-state index in [1.807, 2.05) is 60.8 Å². The van der Waals surface area contributed by atoms with Gasteiger partial charge in [0.1, 0.15) is 12.3 Å². The van der Waals surface area contributed by atoms with Crippen LogP contribution in [0.4, 0.5) is 27.4 Å². The molecule has 2 aromatic heterocycles. The number of alkyl halides is 1. The number of likely N-dealkylation sites (tertiary alicyclic amines) is 1. The van der Waals surface area contributed by atoms with E-state index in [1.165, 1.54) is 6.08 Å². The molecule has 1 aliphatic rings. The highest BCUT2D eigenvalue weighted by Gasteiger charge is 2.21. The largest absolute Gasteiger partial charge is 0.381 e. The van der Waals surface area contributed by atoms with Crippen LogP contribution in [0.1, 0.15) is 17.7 Å². The first-order chi connectivity index (χ1) is 18.1. The maximum Gasteiger partial charge on any atom is 0.247 e. The van der Waals surface area contributed by atoms with E-state index in [1.54, 1.807) is 0 Å². The number of carbonyl (C=O) groups is 1. The highest BCUT2D eigenvalue weighted by Crippen LogP contribution is 2.24. The Morgan fingerprint density at radius 2 is 1.97 bits per heavy atom. The molecule has 37 heavy (non-hydrogen) atoms. The number of hydrogen-bond donors (Lipinski definition) is 4.